The second-order valence-corrected chi connectivity index (χ2v) is 4.83. The molecule has 0 radical (unpaired) electrons. The van der Waals surface area contributed by atoms with Gasteiger partial charge in [-0.3, -0.25) is 0 Å². The predicted octanol–water partition coefficient (Wildman–Crippen LogP) is 3.62. The zero-order valence-corrected chi connectivity index (χ0v) is 9.93. The fourth-order valence-electron chi connectivity index (χ4n) is 2.04. The maximum Gasteiger partial charge on any atom is 0.0406 e. The van der Waals surface area contributed by atoms with Crippen molar-refractivity contribution in [3.8, 4) is 0 Å². The van der Waals surface area contributed by atoms with Crippen LogP contribution < -0.4 is 5.32 Å². The first-order valence-electron chi connectivity index (χ1n) is 5.77. The van der Waals surface area contributed by atoms with Gasteiger partial charge in [0.25, 0.3) is 0 Å². The SMILES string of the molecule is CCCC1CC1NCc1ccc(Cl)cc1. The van der Waals surface area contributed by atoms with Crippen LogP contribution in [-0.2, 0) is 6.54 Å². The molecule has 82 valence electrons. The Morgan fingerprint density at radius 1 is 1.33 bits per heavy atom. The highest BCUT2D eigenvalue weighted by Crippen LogP contribution is 2.34. The van der Waals surface area contributed by atoms with Gasteiger partial charge in [-0.05, 0) is 36.5 Å². The normalized spacial score (nSPS) is 24.1. The van der Waals surface area contributed by atoms with Gasteiger partial charge in [0, 0.05) is 17.6 Å². The number of benzene rings is 1. The van der Waals surface area contributed by atoms with Crippen molar-refractivity contribution in [3.63, 3.8) is 0 Å². The number of halogens is 1. The molecule has 2 rings (SSSR count). The van der Waals surface area contributed by atoms with Crippen LogP contribution in [0.3, 0.4) is 0 Å². The van der Waals surface area contributed by atoms with Crippen molar-refractivity contribution in [1.82, 2.24) is 5.32 Å². The highest BCUT2D eigenvalue weighted by Gasteiger charge is 2.35. The van der Waals surface area contributed by atoms with Gasteiger partial charge in [0.1, 0.15) is 0 Å². The highest BCUT2D eigenvalue weighted by atomic mass is 35.5. The van der Waals surface area contributed by atoms with E-state index < -0.39 is 0 Å². The Kier molecular flexibility index (Phi) is 3.66. The molecule has 0 spiro atoms. The summed E-state index contributed by atoms with van der Waals surface area (Å²) in [5.41, 5.74) is 1.32. The van der Waals surface area contributed by atoms with E-state index in [0.717, 1.165) is 23.5 Å². The molecule has 0 saturated heterocycles. The van der Waals surface area contributed by atoms with Crippen molar-refractivity contribution in [1.29, 1.82) is 0 Å². The maximum absolute atomic E-state index is 5.83. The minimum atomic E-state index is 0.764. The molecule has 0 aliphatic heterocycles. The third kappa shape index (κ3) is 3.22. The predicted molar refractivity (Wildman–Crippen MR) is 65.1 cm³/mol. The van der Waals surface area contributed by atoms with Gasteiger partial charge in [-0.25, -0.2) is 0 Å². The topological polar surface area (TPSA) is 12.0 Å². The van der Waals surface area contributed by atoms with Crippen molar-refractivity contribution in [2.75, 3.05) is 0 Å². The Bertz CT molecular complexity index is 307. The summed E-state index contributed by atoms with van der Waals surface area (Å²) in [5, 5.41) is 4.40. The van der Waals surface area contributed by atoms with Gasteiger partial charge in [-0.2, -0.15) is 0 Å². The molecule has 1 aromatic carbocycles. The van der Waals surface area contributed by atoms with Crippen LogP contribution in [0.1, 0.15) is 31.7 Å². The van der Waals surface area contributed by atoms with Gasteiger partial charge in [-0.1, -0.05) is 37.1 Å². The summed E-state index contributed by atoms with van der Waals surface area (Å²) in [4.78, 5) is 0. The lowest BCUT2D eigenvalue weighted by Gasteiger charge is -2.04. The second kappa shape index (κ2) is 5.00. The first-order valence-corrected chi connectivity index (χ1v) is 6.15. The molecule has 2 unspecified atom stereocenters. The fourth-order valence-corrected chi connectivity index (χ4v) is 2.16. The molecule has 1 N–H and O–H groups in total. The monoisotopic (exact) mass is 223 g/mol. The van der Waals surface area contributed by atoms with Crippen LogP contribution >= 0.6 is 11.6 Å². The highest BCUT2D eigenvalue weighted by molar-refractivity contribution is 6.30. The molecule has 0 bridgehead atoms. The average Bonchev–Trinajstić information content (AvgIpc) is 2.97. The van der Waals surface area contributed by atoms with Gasteiger partial charge in [0.15, 0.2) is 0 Å². The Hall–Kier alpha value is -0.530. The fraction of sp³-hybridized carbons (Fsp3) is 0.538. The molecule has 1 saturated carbocycles. The molecule has 2 heteroatoms. The van der Waals surface area contributed by atoms with Gasteiger partial charge >= 0.3 is 0 Å². The first kappa shape index (κ1) is 11.0. The lowest BCUT2D eigenvalue weighted by molar-refractivity contribution is 0.599. The third-order valence-electron chi connectivity index (χ3n) is 3.06. The molecular weight excluding hydrogens is 206 g/mol. The molecule has 2 atom stereocenters. The Balaban J connectivity index is 1.73. The van der Waals surface area contributed by atoms with Gasteiger partial charge in [0.2, 0.25) is 0 Å². The van der Waals surface area contributed by atoms with Crippen LogP contribution in [-0.4, -0.2) is 6.04 Å². The lowest BCUT2D eigenvalue weighted by Crippen LogP contribution is -2.17. The Morgan fingerprint density at radius 3 is 2.73 bits per heavy atom. The number of nitrogens with one attached hydrogen (secondary N) is 1. The van der Waals surface area contributed by atoms with E-state index in [1.807, 2.05) is 12.1 Å². The molecule has 0 heterocycles. The molecule has 1 fully saturated rings. The van der Waals surface area contributed by atoms with Gasteiger partial charge in [0.05, 0.1) is 0 Å². The zero-order valence-electron chi connectivity index (χ0n) is 9.17. The summed E-state index contributed by atoms with van der Waals surface area (Å²) in [7, 11) is 0. The van der Waals surface area contributed by atoms with Crippen molar-refractivity contribution in [2.24, 2.45) is 5.92 Å². The Labute approximate surface area is 96.8 Å². The first-order chi connectivity index (χ1) is 7.29. The smallest absolute Gasteiger partial charge is 0.0406 e. The lowest BCUT2D eigenvalue weighted by atomic mass is 10.2. The standard InChI is InChI=1S/C13H18ClN/c1-2-3-11-8-13(11)15-9-10-4-6-12(14)7-5-10/h4-7,11,13,15H,2-3,8-9H2,1H3. The summed E-state index contributed by atoms with van der Waals surface area (Å²) in [6, 6.07) is 8.85. The van der Waals surface area contributed by atoms with E-state index in [-0.39, 0.29) is 0 Å². The third-order valence-corrected chi connectivity index (χ3v) is 3.32. The van der Waals surface area contributed by atoms with Gasteiger partial charge < -0.3 is 5.32 Å². The summed E-state index contributed by atoms with van der Waals surface area (Å²) >= 11 is 5.83. The maximum atomic E-state index is 5.83. The minimum Gasteiger partial charge on any atom is -0.310 e. The summed E-state index contributed by atoms with van der Waals surface area (Å²) in [6.07, 6.45) is 4.05. The number of rotatable bonds is 5. The van der Waals surface area contributed by atoms with Crippen LogP contribution in [0.15, 0.2) is 24.3 Å². The summed E-state index contributed by atoms with van der Waals surface area (Å²) < 4.78 is 0. The van der Waals surface area contributed by atoms with E-state index in [1.165, 1.54) is 24.8 Å². The van der Waals surface area contributed by atoms with E-state index in [1.54, 1.807) is 0 Å². The van der Waals surface area contributed by atoms with E-state index >= 15 is 0 Å². The van der Waals surface area contributed by atoms with Crippen molar-refractivity contribution >= 4 is 11.6 Å². The molecule has 1 aromatic rings. The second-order valence-electron chi connectivity index (χ2n) is 4.40. The van der Waals surface area contributed by atoms with Crippen LogP contribution in [0, 0.1) is 5.92 Å². The quantitative estimate of drug-likeness (QED) is 0.804. The molecule has 0 amide bonds. The van der Waals surface area contributed by atoms with E-state index in [4.69, 9.17) is 11.6 Å². The van der Waals surface area contributed by atoms with Crippen LogP contribution in [0.5, 0.6) is 0 Å². The van der Waals surface area contributed by atoms with Crippen LogP contribution in [0.4, 0.5) is 0 Å². The molecule has 1 nitrogen and oxygen atoms in total. The average molecular weight is 224 g/mol. The molecular formula is C13H18ClN. The zero-order chi connectivity index (χ0) is 10.7. The molecule has 0 aromatic heterocycles. The Morgan fingerprint density at radius 2 is 2.07 bits per heavy atom. The van der Waals surface area contributed by atoms with E-state index in [0.29, 0.717) is 0 Å². The number of hydrogen-bond acceptors (Lipinski definition) is 1. The molecule has 15 heavy (non-hydrogen) atoms. The van der Waals surface area contributed by atoms with Crippen LogP contribution in [0.25, 0.3) is 0 Å². The summed E-state index contributed by atoms with van der Waals surface area (Å²) in [6.45, 7) is 3.23. The molecule has 1 aliphatic carbocycles. The minimum absolute atomic E-state index is 0.764. The van der Waals surface area contributed by atoms with E-state index in [9.17, 15) is 0 Å². The van der Waals surface area contributed by atoms with Crippen molar-refractivity contribution in [3.05, 3.63) is 34.9 Å². The van der Waals surface area contributed by atoms with Crippen molar-refractivity contribution in [2.45, 2.75) is 38.8 Å². The molecule has 1 aliphatic rings. The van der Waals surface area contributed by atoms with E-state index in [2.05, 4.69) is 24.4 Å². The summed E-state index contributed by atoms with van der Waals surface area (Å²) in [5.74, 6) is 0.933. The van der Waals surface area contributed by atoms with Gasteiger partial charge in [-0.15, -0.1) is 0 Å². The van der Waals surface area contributed by atoms with Crippen LogP contribution in [0.2, 0.25) is 5.02 Å². The largest absolute Gasteiger partial charge is 0.310 e. The number of hydrogen-bond donors (Lipinski definition) is 1. The van der Waals surface area contributed by atoms with Crippen molar-refractivity contribution < 1.29 is 0 Å².